The fourth-order valence-electron chi connectivity index (χ4n) is 0.805. The molecular formula is C5H11NO. The predicted octanol–water partition coefficient (Wildman–Crippen LogP) is 0.342. The molecule has 1 heterocycles. The van der Waals surface area contributed by atoms with Crippen molar-refractivity contribution in [3.8, 4) is 0 Å². The van der Waals surface area contributed by atoms with E-state index in [0.717, 1.165) is 6.61 Å². The van der Waals surface area contributed by atoms with Crippen LogP contribution in [-0.4, -0.2) is 19.9 Å². The van der Waals surface area contributed by atoms with Crippen molar-refractivity contribution < 1.29 is 4.74 Å². The fraction of sp³-hybridized carbons (Fsp3) is 1.00. The molecule has 0 aromatic rings. The van der Waals surface area contributed by atoms with Crippen LogP contribution in [0.2, 0.25) is 0 Å². The quantitative estimate of drug-likeness (QED) is 0.514. The van der Waals surface area contributed by atoms with Gasteiger partial charge in [-0.25, -0.2) is 0 Å². The third-order valence-corrected chi connectivity index (χ3v) is 1.25. The molecule has 0 spiro atoms. The maximum absolute atomic E-state index is 5.19. The molecule has 7 heavy (non-hydrogen) atoms. The monoisotopic (exact) mass is 101 g/mol. The second-order valence-corrected chi connectivity index (χ2v) is 1.79. The SMILES string of the molecule is CN[C@H]1CCCO1. The molecule has 0 amide bonds. The maximum atomic E-state index is 5.19. The zero-order valence-corrected chi connectivity index (χ0v) is 4.61. The smallest absolute Gasteiger partial charge is 0.107 e. The Bertz CT molecular complexity index is 50.0. The standard InChI is InChI=1S/C5H11NO/c1-6-5-3-2-4-7-5/h5-6H,2-4H2,1H3/t5-/m1/s1. The second kappa shape index (κ2) is 2.28. The summed E-state index contributed by atoms with van der Waals surface area (Å²) >= 11 is 0. The van der Waals surface area contributed by atoms with Gasteiger partial charge < -0.3 is 4.74 Å². The lowest BCUT2D eigenvalue weighted by molar-refractivity contribution is 0.0908. The third kappa shape index (κ3) is 1.14. The van der Waals surface area contributed by atoms with Crippen LogP contribution in [0.5, 0.6) is 0 Å². The van der Waals surface area contributed by atoms with Gasteiger partial charge in [-0.3, -0.25) is 5.32 Å². The van der Waals surface area contributed by atoms with Crippen LogP contribution in [0.1, 0.15) is 12.8 Å². The van der Waals surface area contributed by atoms with E-state index < -0.39 is 0 Å². The van der Waals surface area contributed by atoms with Crippen LogP contribution in [0.15, 0.2) is 0 Å². The molecule has 0 aromatic carbocycles. The summed E-state index contributed by atoms with van der Waals surface area (Å²) in [4.78, 5) is 0. The molecule has 1 fully saturated rings. The average Bonchev–Trinajstić information content (AvgIpc) is 2.14. The zero-order chi connectivity index (χ0) is 5.11. The molecule has 0 saturated carbocycles. The molecule has 1 rings (SSSR count). The van der Waals surface area contributed by atoms with Crippen molar-refractivity contribution in [2.75, 3.05) is 13.7 Å². The summed E-state index contributed by atoms with van der Waals surface area (Å²) < 4.78 is 5.19. The minimum Gasteiger partial charge on any atom is -0.363 e. The van der Waals surface area contributed by atoms with Gasteiger partial charge in [-0.15, -0.1) is 0 Å². The van der Waals surface area contributed by atoms with Crippen molar-refractivity contribution in [2.45, 2.75) is 19.1 Å². The highest BCUT2D eigenvalue weighted by Gasteiger charge is 2.10. The first kappa shape index (κ1) is 5.06. The molecule has 1 aliphatic rings. The van der Waals surface area contributed by atoms with E-state index >= 15 is 0 Å². The average molecular weight is 101 g/mol. The number of rotatable bonds is 1. The van der Waals surface area contributed by atoms with E-state index in [9.17, 15) is 0 Å². The number of ether oxygens (including phenoxy) is 1. The van der Waals surface area contributed by atoms with Gasteiger partial charge in [0, 0.05) is 6.61 Å². The lowest BCUT2D eigenvalue weighted by atomic mass is 10.3. The van der Waals surface area contributed by atoms with Crippen molar-refractivity contribution in [1.82, 2.24) is 5.32 Å². The minimum absolute atomic E-state index is 0.347. The summed E-state index contributed by atoms with van der Waals surface area (Å²) in [5.74, 6) is 0. The van der Waals surface area contributed by atoms with Crippen LogP contribution in [0, 0.1) is 0 Å². The van der Waals surface area contributed by atoms with E-state index in [1.165, 1.54) is 12.8 Å². The molecule has 0 radical (unpaired) electrons. The number of hydrogen-bond acceptors (Lipinski definition) is 2. The molecule has 0 unspecified atom stereocenters. The van der Waals surface area contributed by atoms with Gasteiger partial charge in [0.1, 0.15) is 6.23 Å². The van der Waals surface area contributed by atoms with Crippen molar-refractivity contribution in [1.29, 1.82) is 0 Å². The summed E-state index contributed by atoms with van der Waals surface area (Å²) in [6, 6.07) is 0. The number of nitrogens with one attached hydrogen (secondary N) is 1. The first-order valence-corrected chi connectivity index (χ1v) is 2.72. The summed E-state index contributed by atoms with van der Waals surface area (Å²) in [5, 5.41) is 3.04. The first-order chi connectivity index (χ1) is 3.43. The zero-order valence-electron chi connectivity index (χ0n) is 4.61. The molecule has 2 nitrogen and oxygen atoms in total. The summed E-state index contributed by atoms with van der Waals surface area (Å²) in [6.45, 7) is 0.936. The molecule has 42 valence electrons. The summed E-state index contributed by atoms with van der Waals surface area (Å²) in [7, 11) is 1.93. The predicted molar refractivity (Wildman–Crippen MR) is 28.0 cm³/mol. The Labute approximate surface area is 43.9 Å². The molecule has 0 aromatic heterocycles. The largest absolute Gasteiger partial charge is 0.363 e. The molecule has 1 N–H and O–H groups in total. The van der Waals surface area contributed by atoms with Gasteiger partial charge in [-0.05, 0) is 19.9 Å². The Balaban J connectivity index is 2.14. The van der Waals surface area contributed by atoms with Gasteiger partial charge in [0.05, 0.1) is 0 Å². The van der Waals surface area contributed by atoms with E-state index in [-0.39, 0.29) is 0 Å². The highest BCUT2D eigenvalue weighted by molar-refractivity contribution is 4.58. The Morgan fingerprint density at radius 3 is 2.86 bits per heavy atom. The first-order valence-electron chi connectivity index (χ1n) is 2.72. The number of hydrogen-bond donors (Lipinski definition) is 1. The Morgan fingerprint density at radius 2 is 2.57 bits per heavy atom. The Morgan fingerprint density at radius 1 is 1.71 bits per heavy atom. The highest BCUT2D eigenvalue weighted by atomic mass is 16.5. The molecule has 1 saturated heterocycles. The van der Waals surface area contributed by atoms with Crippen LogP contribution in [0.25, 0.3) is 0 Å². The van der Waals surface area contributed by atoms with Crippen molar-refractivity contribution >= 4 is 0 Å². The molecule has 1 atom stereocenters. The topological polar surface area (TPSA) is 21.3 Å². The van der Waals surface area contributed by atoms with Crippen LogP contribution in [0.3, 0.4) is 0 Å². The van der Waals surface area contributed by atoms with E-state index in [0.29, 0.717) is 6.23 Å². The van der Waals surface area contributed by atoms with Crippen LogP contribution in [0.4, 0.5) is 0 Å². The lowest BCUT2D eigenvalue weighted by Gasteiger charge is -2.04. The molecule has 1 aliphatic heterocycles. The second-order valence-electron chi connectivity index (χ2n) is 1.79. The minimum atomic E-state index is 0.347. The fourth-order valence-corrected chi connectivity index (χ4v) is 0.805. The van der Waals surface area contributed by atoms with Gasteiger partial charge >= 0.3 is 0 Å². The van der Waals surface area contributed by atoms with Crippen LogP contribution in [-0.2, 0) is 4.74 Å². The molecule has 0 bridgehead atoms. The van der Waals surface area contributed by atoms with Crippen molar-refractivity contribution in [3.05, 3.63) is 0 Å². The Kier molecular flexibility index (Phi) is 1.65. The van der Waals surface area contributed by atoms with Gasteiger partial charge in [0.2, 0.25) is 0 Å². The van der Waals surface area contributed by atoms with Crippen molar-refractivity contribution in [3.63, 3.8) is 0 Å². The van der Waals surface area contributed by atoms with Gasteiger partial charge in [-0.1, -0.05) is 0 Å². The lowest BCUT2D eigenvalue weighted by Crippen LogP contribution is -2.22. The third-order valence-electron chi connectivity index (χ3n) is 1.25. The summed E-state index contributed by atoms with van der Waals surface area (Å²) in [5.41, 5.74) is 0. The maximum Gasteiger partial charge on any atom is 0.107 e. The normalized spacial score (nSPS) is 31.3. The van der Waals surface area contributed by atoms with Gasteiger partial charge in [0.15, 0.2) is 0 Å². The van der Waals surface area contributed by atoms with E-state index in [1.54, 1.807) is 0 Å². The highest BCUT2D eigenvalue weighted by Crippen LogP contribution is 2.07. The van der Waals surface area contributed by atoms with Crippen LogP contribution < -0.4 is 5.32 Å². The molecule has 0 aliphatic carbocycles. The van der Waals surface area contributed by atoms with E-state index in [4.69, 9.17) is 4.74 Å². The van der Waals surface area contributed by atoms with E-state index in [2.05, 4.69) is 5.32 Å². The van der Waals surface area contributed by atoms with Gasteiger partial charge in [0.25, 0.3) is 0 Å². The molecular weight excluding hydrogens is 90.1 g/mol. The molecule has 2 heteroatoms. The van der Waals surface area contributed by atoms with Crippen molar-refractivity contribution in [2.24, 2.45) is 0 Å². The van der Waals surface area contributed by atoms with Gasteiger partial charge in [-0.2, -0.15) is 0 Å². The van der Waals surface area contributed by atoms with Crippen LogP contribution >= 0.6 is 0 Å². The van der Waals surface area contributed by atoms with E-state index in [1.807, 2.05) is 7.05 Å². The summed E-state index contributed by atoms with van der Waals surface area (Å²) in [6.07, 6.45) is 2.74. The Hall–Kier alpha value is -0.0800.